The number of hydrogen-bond donors (Lipinski definition) is 1. The van der Waals surface area contributed by atoms with Gasteiger partial charge < -0.3 is 24.3 Å². The maximum Gasteiger partial charge on any atom is 0.406 e. The van der Waals surface area contributed by atoms with Crippen molar-refractivity contribution in [1.82, 2.24) is 14.8 Å². The molecule has 2 saturated heterocycles. The quantitative estimate of drug-likeness (QED) is 0.696. The first kappa shape index (κ1) is 23.9. The number of morpholine rings is 1. The number of alkyl halides is 3. The van der Waals surface area contributed by atoms with Crippen LogP contribution in [0.15, 0.2) is 24.3 Å². The van der Waals surface area contributed by atoms with Crippen molar-refractivity contribution in [2.45, 2.75) is 45.5 Å². The molecule has 2 aliphatic heterocycles. The molecule has 0 radical (unpaired) electrons. The molecular weight excluding hydrogens is 435 g/mol. The number of nitrogens with one attached hydrogen (secondary N) is 1. The molecule has 33 heavy (non-hydrogen) atoms. The summed E-state index contributed by atoms with van der Waals surface area (Å²) in [5.74, 6) is 0.873. The van der Waals surface area contributed by atoms with Crippen LogP contribution in [0, 0.1) is 11.8 Å². The van der Waals surface area contributed by atoms with Crippen LogP contribution in [-0.4, -0.2) is 67.0 Å². The molecule has 2 fully saturated rings. The molecule has 2 aromatic rings. The third-order valence-electron chi connectivity index (χ3n) is 6.46. The van der Waals surface area contributed by atoms with Crippen LogP contribution in [0.4, 0.5) is 13.2 Å². The molecule has 2 atom stereocenters. The van der Waals surface area contributed by atoms with E-state index in [4.69, 9.17) is 9.47 Å². The van der Waals surface area contributed by atoms with Crippen molar-refractivity contribution in [3.05, 3.63) is 30.0 Å². The summed E-state index contributed by atoms with van der Waals surface area (Å²) in [6.45, 7) is 6.44. The van der Waals surface area contributed by atoms with E-state index in [-0.39, 0.29) is 11.8 Å². The highest BCUT2D eigenvalue weighted by Crippen LogP contribution is 2.31. The lowest BCUT2D eigenvalue weighted by Gasteiger charge is -2.33. The van der Waals surface area contributed by atoms with Gasteiger partial charge in [0.25, 0.3) is 5.91 Å². The monoisotopic (exact) mass is 467 g/mol. The Hall–Kier alpha value is -2.26. The number of amides is 1. The molecule has 0 saturated carbocycles. The van der Waals surface area contributed by atoms with Crippen molar-refractivity contribution in [2.75, 3.05) is 39.4 Å². The van der Waals surface area contributed by atoms with E-state index in [0.717, 1.165) is 30.5 Å². The minimum Gasteiger partial charge on any atom is -0.490 e. The summed E-state index contributed by atoms with van der Waals surface area (Å²) in [6, 6.07) is 6.65. The molecule has 9 heteroatoms. The van der Waals surface area contributed by atoms with Crippen LogP contribution in [0.5, 0.6) is 5.75 Å². The number of aromatic nitrogens is 1. The predicted molar refractivity (Wildman–Crippen MR) is 120 cm³/mol. The van der Waals surface area contributed by atoms with E-state index in [1.165, 1.54) is 0 Å². The van der Waals surface area contributed by atoms with Crippen molar-refractivity contribution in [1.29, 1.82) is 0 Å². The molecule has 1 aromatic carbocycles. The van der Waals surface area contributed by atoms with Crippen molar-refractivity contribution in [2.24, 2.45) is 11.8 Å². The van der Waals surface area contributed by atoms with Crippen molar-refractivity contribution < 1.29 is 27.4 Å². The number of carbonyl (C=O) groups excluding carboxylic acids is 1. The number of hydrogen-bond acceptors (Lipinski definition) is 4. The molecule has 1 amide bonds. The van der Waals surface area contributed by atoms with Gasteiger partial charge in [-0.05, 0) is 49.6 Å². The fourth-order valence-corrected chi connectivity index (χ4v) is 4.87. The van der Waals surface area contributed by atoms with Gasteiger partial charge in [-0.1, -0.05) is 13.8 Å². The van der Waals surface area contributed by atoms with Crippen LogP contribution in [0.25, 0.3) is 10.9 Å². The highest BCUT2D eigenvalue weighted by molar-refractivity contribution is 5.99. The molecular formula is C24H32F3N3O3. The Labute approximate surface area is 192 Å². The van der Waals surface area contributed by atoms with Crippen molar-refractivity contribution >= 4 is 16.8 Å². The van der Waals surface area contributed by atoms with Crippen molar-refractivity contribution in [3.63, 3.8) is 0 Å². The van der Waals surface area contributed by atoms with Gasteiger partial charge >= 0.3 is 6.18 Å². The molecule has 3 heterocycles. The van der Waals surface area contributed by atoms with Gasteiger partial charge in [0, 0.05) is 36.5 Å². The largest absolute Gasteiger partial charge is 0.490 e. The summed E-state index contributed by atoms with van der Waals surface area (Å²) in [5, 5.41) is 3.99. The number of benzene rings is 1. The molecule has 1 aromatic heterocycles. The Kier molecular flexibility index (Phi) is 7.19. The van der Waals surface area contributed by atoms with Gasteiger partial charge in [0.1, 0.15) is 24.1 Å². The number of carbonyl (C=O) groups is 1. The number of ether oxygens (including phenoxy) is 2. The zero-order valence-electron chi connectivity index (χ0n) is 19.2. The fourth-order valence-electron chi connectivity index (χ4n) is 4.87. The summed E-state index contributed by atoms with van der Waals surface area (Å²) >= 11 is 0. The summed E-state index contributed by atoms with van der Waals surface area (Å²) in [4.78, 5) is 14.6. The summed E-state index contributed by atoms with van der Waals surface area (Å²) < 4.78 is 52.9. The Morgan fingerprint density at radius 3 is 2.64 bits per heavy atom. The first-order valence-corrected chi connectivity index (χ1v) is 11.7. The summed E-state index contributed by atoms with van der Waals surface area (Å²) in [6.07, 6.45) is -2.26. The second-order valence-electron chi connectivity index (χ2n) is 9.29. The summed E-state index contributed by atoms with van der Waals surface area (Å²) in [5.41, 5.74) is 0.412. The van der Waals surface area contributed by atoms with Gasteiger partial charge in [-0.25, -0.2) is 0 Å². The Balaban J connectivity index is 1.65. The number of fused-ring (bicyclic) bond motifs is 1. The smallest absolute Gasteiger partial charge is 0.406 e. The van der Waals surface area contributed by atoms with Gasteiger partial charge in [0.2, 0.25) is 0 Å². The lowest BCUT2D eigenvalue weighted by molar-refractivity contribution is -0.140. The van der Waals surface area contributed by atoms with Crippen LogP contribution >= 0.6 is 0 Å². The van der Waals surface area contributed by atoms with Gasteiger partial charge in [-0.3, -0.25) is 4.79 Å². The number of rotatable bonds is 6. The number of piperidine rings is 1. The topological polar surface area (TPSA) is 55.7 Å². The fraction of sp³-hybridized carbons (Fsp3) is 0.625. The Morgan fingerprint density at radius 1 is 1.24 bits per heavy atom. The highest BCUT2D eigenvalue weighted by atomic mass is 19.4. The second-order valence-corrected chi connectivity index (χ2v) is 9.29. The summed E-state index contributed by atoms with van der Waals surface area (Å²) in [7, 11) is 0. The molecule has 1 unspecified atom stereocenters. The normalized spacial score (nSPS) is 20.9. The molecule has 6 nitrogen and oxygen atoms in total. The highest BCUT2D eigenvalue weighted by Gasteiger charge is 2.33. The molecule has 0 spiro atoms. The van der Waals surface area contributed by atoms with E-state index in [0.29, 0.717) is 54.8 Å². The predicted octanol–water partition coefficient (Wildman–Crippen LogP) is 4.08. The molecule has 4 rings (SSSR count). The molecule has 2 aliphatic rings. The van der Waals surface area contributed by atoms with Crippen LogP contribution in [0.2, 0.25) is 0 Å². The van der Waals surface area contributed by atoms with Crippen molar-refractivity contribution in [3.8, 4) is 5.75 Å². The molecule has 0 bridgehead atoms. The Morgan fingerprint density at radius 2 is 2.00 bits per heavy atom. The van der Waals surface area contributed by atoms with E-state index in [1.807, 2.05) is 0 Å². The van der Waals surface area contributed by atoms with Gasteiger partial charge in [0.05, 0.1) is 13.2 Å². The zero-order valence-corrected chi connectivity index (χ0v) is 19.2. The van der Waals surface area contributed by atoms with Crippen LogP contribution < -0.4 is 10.1 Å². The third-order valence-corrected chi connectivity index (χ3v) is 6.46. The van der Waals surface area contributed by atoms with Crippen LogP contribution in [0.3, 0.4) is 0 Å². The zero-order chi connectivity index (χ0) is 23.6. The van der Waals surface area contributed by atoms with E-state index in [1.54, 1.807) is 29.2 Å². The molecule has 1 N–H and O–H groups in total. The Bertz CT molecular complexity index is 961. The van der Waals surface area contributed by atoms with E-state index >= 15 is 0 Å². The maximum atomic E-state index is 13.4. The average molecular weight is 468 g/mol. The first-order valence-electron chi connectivity index (χ1n) is 11.7. The number of nitrogens with zero attached hydrogens (tertiary/aromatic N) is 2. The lowest BCUT2D eigenvalue weighted by Crippen LogP contribution is -2.42. The second kappa shape index (κ2) is 9.93. The first-order chi connectivity index (χ1) is 15.7. The lowest BCUT2D eigenvalue weighted by atomic mass is 9.87. The minimum absolute atomic E-state index is 0.00182. The minimum atomic E-state index is -4.45. The van der Waals surface area contributed by atoms with E-state index < -0.39 is 18.6 Å². The average Bonchev–Trinajstić information content (AvgIpc) is 3.14. The van der Waals surface area contributed by atoms with Crippen LogP contribution in [0.1, 0.15) is 37.2 Å². The van der Waals surface area contributed by atoms with Crippen LogP contribution in [-0.2, 0) is 11.3 Å². The van der Waals surface area contributed by atoms with Gasteiger partial charge in [-0.15, -0.1) is 0 Å². The molecule has 182 valence electrons. The van der Waals surface area contributed by atoms with E-state index in [2.05, 4.69) is 19.2 Å². The van der Waals surface area contributed by atoms with Gasteiger partial charge in [0.15, 0.2) is 0 Å². The SMILES string of the molecule is CC(C)[C@@H](Oc1ccc2c(c1)cc(C(=O)N1CCOCC1)n2CC(F)(F)F)C1CCCNC1. The third kappa shape index (κ3) is 5.63. The maximum absolute atomic E-state index is 13.4. The van der Waals surface area contributed by atoms with Gasteiger partial charge in [-0.2, -0.15) is 13.2 Å². The number of halogens is 3. The molecule has 0 aliphatic carbocycles. The van der Waals surface area contributed by atoms with E-state index in [9.17, 15) is 18.0 Å². The standard InChI is InChI=1S/C24H32F3N3O3/c1-16(2)22(17-4-3-7-28-14-17)33-19-5-6-20-18(12-19)13-21(30(20)15-24(25,26)27)23(31)29-8-10-32-11-9-29/h5-6,12-13,16-17,22,28H,3-4,7-11,14-15H2,1-2H3/t17?,22-/m1/s1.